The second-order valence-electron chi connectivity index (χ2n) is 11.8. The summed E-state index contributed by atoms with van der Waals surface area (Å²) in [5, 5.41) is -0.956. The molecule has 12 heteroatoms. The number of alkyl halides is 6. The first-order valence-electron chi connectivity index (χ1n) is 14.9. The standard InChI is InChI=1S/C35H29F6NO4S/c36-34(37,38)26-18-24(19-27(20-26)35(39,40)41)32(43)46-31-17-16-29-30(47(44,45)28-14-8-3-9-15-28)21-33(31,25-12-6-2-7-13-25)42(29)22-23-10-4-1-5-11-23/h1-15,18-20,29-31H,16-17,21-22H2/t29-,30+,31?,33?/m0/s1. The number of hydrogen-bond acceptors (Lipinski definition) is 5. The molecule has 0 spiro atoms. The van der Waals surface area contributed by atoms with Crippen molar-refractivity contribution in [3.63, 3.8) is 0 Å². The van der Waals surface area contributed by atoms with E-state index in [-0.39, 0.29) is 36.8 Å². The van der Waals surface area contributed by atoms with Crippen LogP contribution < -0.4 is 0 Å². The van der Waals surface area contributed by atoms with Gasteiger partial charge in [-0.25, -0.2) is 13.2 Å². The number of piperidine rings is 1. The highest BCUT2D eigenvalue weighted by atomic mass is 32.2. The van der Waals surface area contributed by atoms with Gasteiger partial charge >= 0.3 is 18.3 Å². The molecule has 2 heterocycles. The number of ether oxygens (including phenoxy) is 1. The average Bonchev–Trinajstić information content (AvgIpc) is 3.27. The Kier molecular flexibility index (Phi) is 8.46. The minimum atomic E-state index is -5.16. The van der Waals surface area contributed by atoms with Gasteiger partial charge in [0.05, 0.1) is 32.4 Å². The summed E-state index contributed by atoms with van der Waals surface area (Å²) in [4.78, 5) is 15.7. The minimum Gasteiger partial charge on any atom is -0.456 e. The molecule has 4 atom stereocenters. The molecule has 2 unspecified atom stereocenters. The van der Waals surface area contributed by atoms with E-state index in [1.807, 2.05) is 35.2 Å². The van der Waals surface area contributed by atoms with Gasteiger partial charge in [-0.3, -0.25) is 4.90 Å². The van der Waals surface area contributed by atoms with Crippen molar-refractivity contribution in [1.29, 1.82) is 0 Å². The van der Waals surface area contributed by atoms with Gasteiger partial charge in [0.2, 0.25) is 0 Å². The summed E-state index contributed by atoms with van der Waals surface area (Å²) >= 11 is 0. The summed E-state index contributed by atoms with van der Waals surface area (Å²) < 4.78 is 116. The van der Waals surface area contributed by atoms with Gasteiger partial charge < -0.3 is 4.74 Å². The summed E-state index contributed by atoms with van der Waals surface area (Å²) in [7, 11) is -3.94. The van der Waals surface area contributed by atoms with Gasteiger partial charge in [0.25, 0.3) is 0 Å². The maximum atomic E-state index is 14.2. The smallest absolute Gasteiger partial charge is 0.416 e. The van der Waals surface area contributed by atoms with Gasteiger partial charge in [-0.2, -0.15) is 26.3 Å². The van der Waals surface area contributed by atoms with Crippen molar-refractivity contribution < 1.29 is 44.3 Å². The van der Waals surface area contributed by atoms with E-state index in [2.05, 4.69) is 0 Å². The first kappa shape index (κ1) is 32.8. The summed E-state index contributed by atoms with van der Waals surface area (Å²) in [5.74, 6) is -1.37. The quantitative estimate of drug-likeness (QED) is 0.147. The molecule has 0 N–H and O–H groups in total. The van der Waals surface area contributed by atoms with Crippen LogP contribution in [0, 0.1) is 0 Å². The molecule has 2 aliphatic heterocycles. The molecule has 2 fully saturated rings. The van der Waals surface area contributed by atoms with Gasteiger partial charge in [-0.1, -0.05) is 78.9 Å². The van der Waals surface area contributed by atoms with Crippen LogP contribution >= 0.6 is 0 Å². The Labute approximate surface area is 267 Å². The Hall–Kier alpha value is -4.16. The predicted octanol–water partition coefficient (Wildman–Crippen LogP) is 8.06. The monoisotopic (exact) mass is 673 g/mol. The number of halogens is 6. The molecule has 2 saturated heterocycles. The lowest BCUT2D eigenvalue weighted by molar-refractivity contribution is -0.143. The fraction of sp³-hybridized carbons (Fsp3) is 0.286. The fourth-order valence-electron chi connectivity index (χ4n) is 7.04. The third kappa shape index (κ3) is 6.16. The van der Waals surface area contributed by atoms with Crippen LogP contribution in [-0.4, -0.2) is 36.7 Å². The van der Waals surface area contributed by atoms with Crippen LogP contribution in [0.2, 0.25) is 0 Å². The lowest BCUT2D eigenvalue weighted by atomic mass is 9.78. The molecule has 47 heavy (non-hydrogen) atoms. The topological polar surface area (TPSA) is 63.7 Å². The third-order valence-electron chi connectivity index (χ3n) is 9.12. The van der Waals surface area contributed by atoms with Crippen LogP contribution in [-0.2, 0) is 39.0 Å². The van der Waals surface area contributed by atoms with Gasteiger partial charge in [0.1, 0.15) is 6.10 Å². The Morgan fingerprint density at radius 1 is 0.766 bits per heavy atom. The van der Waals surface area contributed by atoms with Crippen molar-refractivity contribution in [1.82, 2.24) is 4.90 Å². The molecule has 0 amide bonds. The first-order chi connectivity index (χ1) is 22.2. The SMILES string of the molecule is O=C(OC1CC[C@H]2[C@H](S(=O)(=O)c3ccccc3)CC1(c1ccccc1)N2Cc1ccccc1)c1cc(C(F)(F)F)cc(C(F)(F)F)c1. The van der Waals surface area contributed by atoms with Gasteiger partial charge in [-0.05, 0) is 60.7 Å². The van der Waals surface area contributed by atoms with E-state index in [0.717, 1.165) is 5.56 Å². The molecule has 0 aromatic heterocycles. The number of nitrogens with zero attached hydrogens (tertiary/aromatic N) is 1. The highest BCUT2D eigenvalue weighted by molar-refractivity contribution is 7.92. The van der Waals surface area contributed by atoms with E-state index in [0.29, 0.717) is 17.7 Å². The van der Waals surface area contributed by atoms with Gasteiger partial charge in [0, 0.05) is 12.6 Å². The van der Waals surface area contributed by atoms with Crippen LogP contribution in [0.15, 0.2) is 114 Å². The lowest BCUT2D eigenvalue weighted by Gasteiger charge is -2.49. The van der Waals surface area contributed by atoms with Crippen molar-refractivity contribution in [2.24, 2.45) is 0 Å². The molecule has 0 aliphatic carbocycles. The molecule has 5 nitrogen and oxygen atoms in total. The zero-order valence-corrected chi connectivity index (χ0v) is 25.5. The molecule has 246 valence electrons. The zero-order valence-electron chi connectivity index (χ0n) is 24.7. The van der Waals surface area contributed by atoms with Crippen LogP contribution in [0.4, 0.5) is 26.3 Å². The summed E-state index contributed by atoms with van der Waals surface area (Å²) in [6.07, 6.45) is -11.1. The molecule has 4 aromatic carbocycles. The van der Waals surface area contributed by atoms with Gasteiger partial charge in [0.15, 0.2) is 9.84 Å². The van der Waals surface area contributed by atoms with Crippen molar-refractivity contribution in [3.8, 4) is 0 Å². The third-order valence-corrected chi connectivity index (χ3v) is 11.3. The van der Waals surface area contributed by atoms with Crippen molar-refractivity contribution >= 4 is 15.8 Å². The average molecular weight is 674 g/mol. The molecule has 0 radical (unpaired) electrons. The zero-order chi connectivity index (χ0) is 33.6. The number of rotatable bonds is 7. The lowest BCUT2D eigenvalue weighted by Crippen LogP contribution is -2.57. The minimum absolute atomic E-state index is 0.0277. The van der Waals surface area contributed by atoms with Crippen molar-refractivity contribution in [2.45, 2.75) is 66.0 Å². The summed E-state index contributed by atoms with van der Waals surface area (Å²) in [5.41, 5.74) is -4.00. The van der Waals surface area contributed by atoms with E-state index in [4.69, 9.17) is 4.74 Å². The number of fused-ring (bicyclic) bond motifs is 2. The second kappa shape index (κ2) is 12.1. The fourth-order valence-corrected chi connectivity index (χ4v) is 9.09. The molecule has 6 rings (SSSR count). The van der Waals surface area contributed by atoms with Crippen molar-refractivity contribution in [2.75, 3.05) is 0 Å². The van der Waals surface area contributed by atoms with Gasteiger partial charge in [-0.15, -0.1) is 0 Å². The van der Waals surface area contributed by atoms with Crippen LogP contribution in [0.3, 0.4) is 0 Å². The van der Waals surface area contributed by atoms with Crippen molar-refractivity contribution in [3.05, 3.63) is 137 Å². The molecule has 4 aromatic rings. The Bertz CT molecular complexity index is 1820. The maximum Gasteiger partial charge on any atom is 0.416 e. The number of esters is 1. The Balaban J connectivity index is 1.47. The normalized spacial score (nSPS) is 23.4. The Morgan fingerprint density at radius 3 is 1.85 bits per heavy atom. The van der Waals surface area contributed by atoms with E-state index in [1.165, 1.54) is 12.1 Å². The second-order valence-corrected chi connectivity index (χ2v) is 14.0. The van der Waals surface area contributed by atoms with E-state index < -0.39 is 67.8 Å². The van der Waals surface area contributed by atoms with E-state index >= 15 is 0 Å². The number of carbonyl (C=O) groups is 1. The Morgan fingerprint density at radius 2 is 1.30 bits per heavy atom. The van der Waals surface area contributed by atoms with E-state index in [9.17, 15) is 39.6 Å². The molecule has 2 aliphatic rings. The first-order valence-corrected chi connectivity index (χ1v) is 16.4. The highest BCUT2D eigenvalue weighted by Gasteiger charge is 2.63. The highest BCUT2D eigenvalue weighted by Crippen LogP contribution is 2.55. The predicted molar refractivity (Wildman–Crippen MR) is 161 cm³/mol. The number of benzene rings is 4. The molecular weight excluding hydrogens is 644 g/mol. The molecule has 2 bridgehead atoms. The number of hydrogen-bond donors (Lipinski definition) is 0. The van der Waals surface area contributed by atoms with Crippen LogP contribution in [0.1, 0.15) is 51.9 Å². The largest absolute Gasteiger partial charge is 0.456 e. The van der Waals surface area contributed by atoms with E-state index in [1.54, 1.807) is 48.5 Å². The number of carbonyl (C=O) groups excluding carboxylic acids is 1. The molecular formula is C35H29F6NO4S. The summed E-state index contributed by atoms with van der Waals surface area (Å²) in [6, 6.07) is 26.1. The number of sulfone groups is 1. The molecule has 0 saturated carbocycles. The van der Waals surface area contributed by atoms with Crippen LogP contribution in [0.5, 0.6) is 0 Å². The van der Waals surface area contributed by atoms with Crippen LogP contribution in [0.25, 0.3) is 0 Å². The maximum absolute atomic E-state index is 14.2. The summed E-state index contributed by atoms with van der Waals surface area (Å²) in [6.45, 7) is 0.247.